The number of hydrogen-bond donors (Lipinski definition) is 2. The van der Waals surface area contributed by atoms with E-state index in [2.05, 4.69) is 15.6 Å². The fourth-order valence-corrected chi connectivity index (χ4v) is 2.40. The minimum atomic E-state index is -0.820. The van der Waals surface area contributed by atoms with Crippen molar-refractivity contribution in [1.29, 1.82) is 0 Å². The van der Waals surface area contributed by atoms with Crippen LogP contribution in [0.4, 0.5) is 8.78 Å². The Morgan fingerprint density at radius 2 is 1.65 bits per heavy atom. The number of hydrogen-bond acceptors (Lipinski definition) is 2. The van der Waals surface area contributed by atoms with Gasteiger partial charge in [-0.2, -0.15) is 0 Å². The molecule has 2 rings (SSSR count). The molecule has 26 heavy (non-hydrogen) atoms. The molecule has 0 fully saturated rings. The summed E-state index contributed by atoms with van der Waals surface area (Å²) in [4.78, 5) is 4.12. The zero-order valence-corrected chi connectivity index (χ0v) is 17.2. The Morgan fingerprint density at radius 1 is 1.00 bits per heavy atom. The highest BCUT2D eigenvalue weighted by molar-refractivity contribution is 14.0. The van der Waals surface area contributed by atoms with Crippen LogP contribution in [-0.2, 0) is 12.8 Å². The lowest BCUT2D eigenvalue weighted by molar-refractivity contribution is 0.414. The van der Waals surface area contributed by atoms with E-state index in [0.717, 1.165) is 18.2 Å². The van der Waals surface area contributed by atoms with E-state index in [0.29, 0.717) is 31.0 Å². The maximum absolute atomic E-state index is 13.6. The summed E-state index contributed by atoms with van der Waals surface area (Å²) < 4.78 is 31.9. The summed E-state index contributed by atoms with van der Waals surface area (Å²) in [5.41, 5.74) is 1.53. The third-order valence-corrected chi connectivity index (χ3v) is 3.81. The zero-order valence-electron chi connectivity index (χ0n) is 14.9. The van der Waals surface area contributed by atoms with Crippen LogP contribution in [-0.4, -0.2) is 33.2 Å². The van der Waals surface area contributed by atoms with E-state index in [1.54, 1.807) is 20.2 Å². The number of benzene rings is 2. The smallest absolute Gasteiger partial charge is 0.190 e. The molecule has 0 aliphatic heterocycles. The number of methoxy groups -OCH3 is 1. The minimum absolute atomic E-state index is 0. The SMILES string of the molecule is CN=C(NCCc1ccc(OC)cc1)NCCc1cccc(F)c1F.I. The maximum atomic E-state index is 13.6. The van der Waals surface area contributed by atoms with Crippen molar-refractivity contribution >= 4 is 29.9 Å². The van der Waals surface area contributed by atoms with Gasteiger partial charge in [0.1, 0.15) is 5.75 Å². The first-order chi connectivity index (χ1) is 12.1. The fraction of sp³-hybridized carbons (Fsp3) is 0.316. The molecular weight excluding hydrogens is 451 g/mol. The zero-order chi connectivity index (χ0) is 18.1. The first-order valence-corrected chi connectivity index (χ1v) is 8.14. The first-order valence-electron chi connectivity index (χ1n) is 8.14. The second-order valence-electron chi connectivity index (χ2n) is 5.49. The molecular formula is C19H24F2IN3O. The van der Waals surface area contributed by atoms with E-state index in [1.807, 2.05) is 24.3 Å². The van der Waals surface area contributed by atoms with Crippen LogP contribution in [0.5, 0.6) is 5.75 Å². The Kier molecular flexibility index (Phi) is 9.93. The number of nitrogens with one attached hydrogen (secondary N) is 2. The molecule has 0 heterocycles. The lowest BCUT2D eigenvalue weighted by Gasteiger charge is -2.12. The Balaban J connectivity index is 0.00000338. The van der Waals surface area contributed by atoms with Crippen LogP contribution in [0.25, 0.3) is 0 Å². The van der Waals surface area contributed by atoms with Crippen LogP contribution in [0.15, 0.2) is 47.5 Å². The van der Waals surface area contributed by atoms with E-state index < -0.39 is 11.6 Å². The molecule has 2 aromatic carbocycles. The fourth-order valence-electron chi connectivity index (χ4n) is 2.40. The molecule has 0 radical (unpaired) electrons. The number of ether oxygens (including phenoxy) is 1. The lowest BCUT2D eigenvalue weighted by atomic mass is 10.1. The first kappa shape index (κ1) is 22.1. The monoisotopic (exact) mass is 475 g/mol. The van der Waals surface area contributed by atoms with E-state index in [4.69, 9.17) is 4.74 Å². The van der Waals surface area contributed by atoms with Crippen molar-refractivity contribution in [3.05, 3.63) is 65.2 Å². The molecule has 2 aromatic rings. The molecule has 4 nitrogen and oxygen atoms in total. The maximum Gasteiger partial charge on any atom is 0.190 e. The number of halogens is 3. The van der Waals surface area contributed by atoms with Crippen LogP contribution >= 0.6 is 24.0 Å². The largest absolute Gasteiger partial charge is 0.497 e. The topological polar surface area (TPSA) is 45.7 Å². The summed E-state index contributed by atoms with van der Waals surface area (Å²) in [5.74, 6) is -0.143. The van der Waals surface area contributed by atoms with Crippen molar-refractivity contribution in [3.63, 3.8) is 0 Å². The van der Waals surface area contributed by atoms with Crippen molar-refractivity contribution < 1.29 is 13.5 Å². The van der Waals surface area contributed by atoms with Crippen molar-refractivity contribution in [2.75, 3.05) is 27.2 Å². The second kappa shape index (κ2) is 11.7. The Morgan fingerprint density at radius 3 is 2.27 bits per heavy atom. The number of nitrogens with zero attached hydrogens (tertiary/aromatic N) is 1. The molecule has 7 heteroatoms. The summed E-state index contributed by atoms with van der Waals surface area (Å²) in [6.45, 7) is 1.17. The highest BCUT2D eigenvalue weighted by atomic mass is 127. The summed E-state index contributed by atoms with van der Waals surface area (Å²) in [7, 11) is 3.31. The molecule has 0 saturated carbocycles. The van der Waals surface area contributed by atoms with Crippen LogP contribution in [0, 0.1) is 11.6 Å². The van der Waals surface area contributed by atoms with Gasteiger partial charge < -0.3 is 15.4 Å². The molecule has 142 valence electrons. The van der Waals surface area contributed by atoms with E-state index in [-0.39, 0.29) is 24.0 Å². The van der Waals surface area contributed by atoms with Gasteiger partial charge in [0.15, 0.2) is 17.6 Å². The molecule has 0 bridgehead atoms. The van der Waals surface area contributed by atoms with Crippen molar-refractivity contribution in [3.8, 4) is 5.75 Å². The van der Waals surface area contributed by atoms with E-state index in [9.17, 15) is 8.78 Å². The molecule has 0 aromatic heterocycles. The Bertz CT molecular complexity index is 708. The standard InChI is InChI=1S/C19H23F2N3O.HI/c1-22-19(23-12-10-14-6-8-16(25-2)9-7-14)24-13-11-15-4-3-5-17(20)18(15)21;/h3-9H,10-13H2,1-2H3,(H2,22,23,24);1H. The Hall–Kier alpha value is -1.90. The molecule has 0 aliphatic carbocycles. The van der Waals surface area contributed by atoms with Gasteiger partial charge in [0, 0.05) is 20.1 Å². The molecule has 0 atom stereocenters. The van der Waals surface area contributed by atoms with Gasteiger partial charge in [0.2, 0.25) is 0 Å². The van der Waals surface area contributed by atoms with Gasteiger partial charge in [0.05, 0.1) is 7.11 Å². The predicted octanol–water partition coefficient (Wildman–Crippen LogP) is 3.54. The van der Waals surface area contributed by atoms with Gasteiger partial charge in [-0.1, -0.05) is 24.3 Å². The van der Waals surface area contributed by atoms with Crippen LogP contribution in [0.1, 0.15) is 11.1 Å². The van der Waals surface area contributed by atoms with Crippen molar-refractivity contribution in [2.24, 2.45) is 4.99 Å². The van der Waals surface area contributed by atoms with E-state index in [1.165, 1.54) is 11.6 Å². The van der Waals surface area contributed by atoms with Gasteiger partial charge in [-0.3, -0.25) is 4.99 Å². The number of guanidine groups is 1. The van der Waals surface area contributed by atoms with Crippen molar-refractivity contribution in [1.82, 2.24) is 10.6 Å². The average molecular weight is 475 g/mol. The molecule has 0 spiro atoms. The van der Waals surface area contributed by atoms with Gasteiger partial charge in [-0.25, -0.2) is 8.78 Å². The van der Waals surface area contributed by atoms with Crippen LogP contribution < -0.4 is 15.4 Å². The number of rotatable bonds is 7. The van der Waals surface area contributed by atoms with Gasteiger partial charge >= 0.3 is 0 Å². The third kappa shape index (κ3) is 6.78. The lowest BCUT2D eigenvalue weighted by Crippen LogP contribution is -2.39. The van der Waals surface area contributed by atoms with Crippen molar-refractivity contribution in [2.45, 2.75) is 12.8 Å². The Labute approximate surface area is 170 Å². The normalized spacial score (nSPS) is 10.8. The highest BCUT2D eigenvalue weighted by Crippen LogP contribution is 2.12. The quantitative estimate of drug-likeness (QED) is 0.366. The van der Waals surface area contributed by atoms with Crippen LogP contribution in [0.2, 0.25) is 0 Å². The summed E-state index contributed by atoms with van der Waals surface area (Å²) in [6.07, 6.45) is 1.21. The van der Waals surface area contributed by atoms with Gasteiger partial charge in [0.25, 0.3) is 0 Å². The predicted molar refractivity (Wildman–Crippen MR) is 112 cm³/mol. The molecule has 0 amide bonds. The molecule has 0 saturated heterocycles. The summed E-state index contributed by atoms with van der Waals surface area (Å²) >= 11 is 0. The molecule has 0 unspecified atom stereocenters. The molecule has 2 N–H and O–H groups in total. The van der Waals surface area contributed by atoms with E-state index >= 15 is 0 Å². The average Bonchev–Trinajstić information content (AvgIpc) is 2.64. The molecule has 0 aliphatic rings. The minimum Gasteiger partial charge on any atom is -0.497 e. The van der Waals surface area contributed by atoms with Crippen LogP contribution in [0.3, 0.4) is 0 Å². The highest BCUT2D eigenvalue weighted by Gasteiger charge is 2.07. The van der Waals surface area contributed by atoms with Gasteiger partial charge in [-0.05, 0) is 42.2 Å². The second-order valence-corrected chi connectivity index (χ2v) is 5.49. The number of aliphatic imine (C=N–C) groups is 1. The third-order valence-electron chi connectivity index (χ3n) is 3.81. The van der Waals surface area contributed by atoms with Gasteiger partial charge in [-0.15, -0.1) is 24.0 Å². The summed E-state index contributed by atoms with van der Waals surface area (Å²) in [6, 6.07) is 12.1. The summed E-state index contributed by atoms with van der Waals surface area (Å²) in [5, 5.41) is 6.30.